The minimum atomic E-state index is -4.15. The van der Waals surface area contributed by atoms with Crippen molar-refractivity contribution in [2.75, 3.05) is 23.7 Å². The van der Waals surface area contributed by atoms with Crippen LogP contribution >= 0.6 is 0 Å². The Morgan fingerprint density at radius 3 is 2.55 bits per heavy atom. The number of nitrogens with one attached hydrogen (secondary N) is 2. The van der Waals surface area contributed by atoms with E-state index in [9.17, 15) is 18.0 Å². The third-order valence-electron chi connectivity index (χ3n) is 5.30. The quantitative estimate of drug-likeness (QED) is 0.745. The molecule has 2 aromatic rings. The van der Waals surface area contributed by atoms with Gasteiger partial charge < -0.3 is 10.2 Å². The largest absolute Gasteiger partial charge is 0.390 e. The zero-order valence-corrected chi connectivity index (χ0v) is 16.5. The van der Waals surface area contributed by atoms with E-state index < -0.39 is 18.6 Å². The van der Waals surface area contributed by atoms with Crippen molar-refractivity contribution in [3.63, 3.8) is 0 Å². The van der Waals surface area contributed by atoms with Gasteiger partial charge in [0.05, 0.1) is 18.7 Å². The van der Waals surface area contributed by atoms with Gasteiger partial charge in [0.15, 0.2) is 0 Å². The summed E-state index contributed by atoms with van der Waals surface area (Å²) >= 11 is 0. The summed E-state index contributed by atoms with van der Waals surface area (Å²) in [4.78, 5) is 14.2. The van der Waals surface area contributed by atoms with Crippen molar-refractivity contribution in [3.8, 4) is 0 Å². The highest BCUT2D eigenvalue weighted by molar-refractivity contribution is 5.99. The van der Waals surface area contributed by atoms with Crippen molar-refractivity contribution >= 4 is 17.5 Å². The van der Waals surface area contributed by atoms with Crippen LogP contribution in [0, 0.1) is 6.92 Å². The van der Waals surface area contributed by atoms with Gasteiger partial charge in [-0.15, -0.1) is 0 Å². The number of halogens is 3. The number of hydrogen-bond acceptors (Lipinski definition) is 3. The lowest BCUT2D eigenvalue weighted by atomic mass is 10.0. The summed E-state index contributed by atoms with van der Waals surface area (Å²) in [7, 11) is 0. The maximum Gasteiger partial charge on any atom is 0.390 e. The molecular formula is C20H26F3N5O. The molecule has 1 fully saturated rings. The molecule has 1 aromatic carbocycles. The first-order valence-corrected chi connectivity index (χ1v) is 9.71. The Bertz CT molecular complexity index is 828. The predicted octanol–water partition coefficient (Wildman–Crippen LogP) is 4.81. The number of benzene rings is 1. The van der Waals surface area contributed by atoms with Crippen LogP contribution in [0.4, 0.5) is 29.5 Å². The molecule has 2 heterocycles. The molecule has 0 aliphatic carbocycles. The number of para-hydroxylation sites is 1. The number of piperidine rings is 1. The summed E-state index contributed by atoms with van der Waals surface area (Å²) in [6.45, 7) is 4.66. The van der Waals surface area contributed by atoms with Crippen LogP contribution in [-0.4, -0.2) is 46.0 Å². The van der Waals surface area contributed by atoms with Crippen molar-refractivity contribution in [3.05, 3.63) is 42.1 Å². The van der Waals surface area contributed by atoms with E-state index in [1.807, 2.05) is 36.1 Å². The van der Waals surface area contributed by atoms with Crippen LogP contribution in [0.5, 0.6) is 0 Å². The maximum absolute atomic E-state index is 12.6. The number of aromatic nitrogens is 2. The van der Waals surface area contributed by atoms with Crippen LogP contribution in [0.1, 0.15) is 37.8 Å². The predicted molar refractivity (Wildman–Crippen MR) is 106 cm³/mol. The lowest BCUT2D eigenvalue weighted by Gasteiger charge is -2.36. The van der Waals surface area contributed by atoms with Crippen molar-refractivity contribution in [1.29, 1.82) is 0 Å². The van der Waals surface area contributed by atoms with Crippen LogP contribution in [0.2, 0.25) is 0 Å². The van der Waals surface area contributed by atoms with E-state index in [0.717, 1.165) is 11.3 Å². The normalized spacial score (nSPS) is 17.1. The smallest absolute Gasteiger partial charge is 0.307 e. The van der Waals surface area contributed by atoms with E-state index in [2.05, 4.69) is 15.7 Å². The molecule has 1 aliphatic heterocycles. The molecule has 1 saturated heterocycles. The lowest BCUT2D eigenvalue weighted by molar-refractivity contribution is -0.147. The number of amides is 2. The fourth-order valence-corrected chi connectivity index (χ4v) is 3.72. The van der Waals surface area contributed by atoms with E-state index in [4.69, 9.17) is 0 Å². The van der Waals surface area contributed by atoms with Crippen molar-refractivity contribution in [2.24, 2.45) is 0 Å². The van der Waals surface area contributed by atoms with Gasteiger partial charge in [0.25, 0.3) is 0 Å². The minimum Gasteiger partial charge on any atom is -0.307 e. The van der Waals surface area contributed by atoms with Crippen molar-refractivity contribution < 1.29 is 18.0 Å². The van der Waals surface area contributed by atoms with E-state index in [1.165, 1.54) is 0 Å². The molecule has 6 nitrogen and oxygen atoms in total. The van der Waals surface area contributed by atoms with E-state index in [1.54, 1.807) is 23.9 Å². The molecule has 0 saturated carbocycles. The molecule has 0 spiro atoms. The summed E-state index contributed by atoms with van der Waals surface area (Å²) in [5.74, 6) is 0.567. The highest BCUT2D eigenvalue weighted by Gasteiger charge is 2.34. The highest BCUT2D eigenvalue weighted by Crippen LogP contribution is 2.30. The van der Waals surface area contributed by atoms with Crippen LogP contribution < -0.4 is 10.6 Å². The third kappa shape index (κ3) is 5.72. The van der Waals surface area contributed by atoms with Gasteiger partial charge in [-0.05, 0) is 38.3 Å². The fraction of sp³-hybridized carbons (Fsp3) is 0.500. The molecule has 2 amide bonds. The van der Waals surface area contributed by atoms with Gasteiger partial charge in [-0.25, -0.2) is 9.48 Å². The SMILES string of the molecule is Cc1ccccc1NC(=O)Nc1ccnn1C1CCN([C@H](C)CC(F)(F)F)CC1. The van der Waals surface area contributed by atoms with Gasteiger partial charge in [0.2, 0.25) is 0 Å². The average molecular weight is 409 g/mol. The van der Waals surface area contributed by atoms with Gasteiger partial charge in [0.1, 0.15) is 5.82 Å². The topological polar surface area (TPSA) is 62.2 Å². The Hall–Kier alpha value is -2.55. The molecule has 0 radical (unpaired) electrons. The molecular weight excluding hydrogens is 383 g/mol. The van der Waals surface area contributed by atoms with E-state index in [-0.39, 0.29) is 12.1 Å². The van der Waals surface area contributed by atoms with Gasteiger partial charge in [-0.3, -0.25) is 5.32 Å². The molecule has 0 bridgehead atoms. The first-order chi connectivity index (χ1) is 13.7. The zero-order valence-electron chi connectivity index (χ0n) is 16.5. The number of likely N-dealkylation sites (tertiary alicyclic amines) is 1. The second-order valence-electron chi connectivity index (χ2n) is 7.49. The van der Waals surface area contributed by atoms with Crippen LogP contribution in [0.15, 0.2) is 36.5 Å². The Morgan fingerprint density at radius 1 is 1.21 bits per heavy atom. The van der Waals surface area contributed by atoms with E-state index in [0.29, 0.717) is 31.7 Å². The van der Waals surface area contributed by atoms with Crippen molar-refractivity contribution in [1.82, 2.24) is 14.7 Å². The second-order valence-corrected chi connectivity index (χ2v) is 7.49. The van der Waals surface area contributed by atoms with Crippen molar-refractivity contribution in [2.45, 2.75) is 51.4 Å². The van der Waals surface area contributed by atoms with E-state index >= 15 is 0 Å². The monoisotopic (exact) mass is 409 g/mol. The Kier molecular flexibility index (Phi) is 6.46. The molecule has 29 heavy (non-hydrogen) atoms. The summed E-state index contributed by atoms with van der Waals surface area (Å²) in [5.41, 5.74) is 1.68. The summed E-state index contributed by atoms with van der Waals surface area (Å²) in [5, 5.41) is 9.96. The molecule has 158 valence electrons. The molecule has 1 aliphatic rings. The zero-order chi connectivity index (χ0) is 21.0. The second kappa shape index (κ2) is 8.86. The summed E-state index contributed by atoms with van der Waals surface area (Å²) in [6.07, 6.45) is -1.98. The number of aryl methyl sites for hydroxylation is 1. The number of carbonyl (C=O) groups excluding carboxylic acids is 1. The van der Waals surface area contributed by atoms with Gasteiger partial charge in [-0.2, -0.15) is 18.3 Å². The first-order valence-electron chi connectivity index (χ1n) is 9.71. The molecule has 0 unspecified atom stereocenters. The highest BCUT2D eigenvalue weighted by atomic mass is 19.4. The Balaban J connectivity index is 1.57. The van der Waals surface area contributed by atoms with Crippen LogP contribution in [0.3, 0.4) is 0 Å². The molecule has 9 heteroatoms. The van der Waals surface area contributed by atoms with Gasteiger partial charge in [-0.1, -0.05) is 18.2 Å². The van der Waals surface area contributed by atoms with Crippen LogP contribution in [-0.2, 0) is 0 Å². The summed E-state index contributed by atoms with van der Waals surface area (Å²) < 4.78 is 39.6. The molecule has 2 N–H and O–H groups in total. The number of carbonyl (C=O) groups is 1. The minimum absolute atomic E-state index is 0.0353. The maximum atomic E-state index is 12.6. The number of urea groups is 1. The van der Waals surface area contributed by atoms with Gasteiger partial charge in [0, 0.05) is 30.9 Å². The fourth-order valence-electron chi connectivity index (χ4n) is 3.72. The molecule has 1 aromatic heterocycles. The number of anilines is 2. The number of nitrogens with zero attached hydrogens (tertiary/aromatic N) is 3. The average Bonchev–Trinajstić information content (AvgIpc) is 3.10. The standard InChI is InChI=1S/C20H26F3N5O/c1-14-5-3-4-6-17(14)25-19(29)26-18-7-10-24-28(18)16-8-11-27(12-9-16)15(2)13-20(21,22)23/h3-7,10,15-16H,8-9,11-13H2,1-2H3,(H2,25,26,29)/t15-/m1/s1. The summed E-state index contributed by atoms with van der Waals surface area (Å²) in [6, 6.07) is 8.33. The Morgan fingerprint density at radius 2 is 1.90 bits per heavy atom. The number of hydrogen-bond donors (Lipinski definition) is 2. The number of alkyl halides is 3. The third-order valence-corrected chi connectivity index (χ3v) is 5.30. The lowest BCUT2D eigenvalue weighted by Crippen LogP contribution is -2.42. The number of rotatable bonds is 5. The first kappa shape index (κ1) is 21.2. The van der Waals surface area contributed by atoms with Gasteiger partial charge >= 0.3 is 12.2 Å². The molecule has 3 rings (SSSR count). The Labute approximate surface area is 168 Å². The molecule has 1 atom stereocenters. The van der Waals surface area contributed by atoms with Crippen LogP contribution in [0.25, 0.3) is 0 Å².